The van der Waals surface area contributed by atoms with Crippen LogP contribution in [-0.2, 0) is 5.88 Å². The van der Waals surface area contributed by atoms with Crippen molar-refractivity contribution in [1.29, 1.82) is 0 Å². The van der Waals surface area contributed by atoms with Crippen LogP contribution >= 0.6 is 34.8 Å². The maximum Gasteiger partial charge on any atom is 0.125 e. The topological polar surface area (TPSA) is 17.8 Å². The molecule has 0 aliphatic heterocycles. The third kappa shape index (κ3) is 1.88. The van der Waals surface area contributed by atoms with E-state index in [0.29, 0.717) is 22.0 Å². The molecule has 2 aliphatic rings. The van der Waals surface area contributed by atoms with Crippen LogP contribution in [0.4, 0.5) is 0 Å². The molecule has 0 radical (unpaired) electrons. The molecule has 2 aromatic rings. The molecule has 0 N–H and O–H groups in total. The summed E-state index contributed by atoms with van der Waals surface area (Å²) in [5.74, 6) is 3.03. The van der Waals surface area contributed by atoms with Gasteiger partial charge in [0.1, 0.15) is 5.82 Å². The summed E-state index contributed by atoms with van der Waals surface area (Å²) >= 11 is 18.4. The Labute approximate surface area is 133 Å². The fourth-order valence-electron chi connectivity index (χ4n) is 4.13. The normalized spacial score (nSPS) is 28.6. The first-order chi connectivity index (χ1) is 9.67. The molecule has 2 nitrogen and oxygen atoms in total. The minimum absolute atomic E-state index is 0.428. The van der Waals surface area contributed by atoms with Crippen LogP contribution in [0.5, 0.6) is 0 Å². The van der Waals surface area contributed by atoms with Gasteiger partial charge in [0.2, 0.25) is 0 Å². The van der Waals surface area contributed by atoms with Gasteiger partial charge in [0.25, 0.3) is 0 Å². The van der Waals surface area contributed by atoms with Gasteiger partial charge in [0.15, 0.2) is 0 Å². The van der Waals surface area contributed by atoms with E-state index in [4.69, 9.17) is 34.8 Å². The lowest BCUT2D eigenvalue weighted by molar-refractivity contribution is 0.331. The zero-order valence-electron chi connectivity index (χ0n) is 11.0. The molecule has 106 valence electrons. The molecule has 1 heterocycles. The fourth-order valence-corrected chi connectivity index (χ4v) is 4.64. The first-order valence-corrected chi connectivity index (χ1v) is 8.38. The summed E-state index contributed by atoms with van der Waals surface area (Å²) in [5, 5.41) is 1.14. The van der Waals surface area contributed by atoms with Gasteiger partial charge in [0, 0.05) is 6.04 Å². The summed E-state index contributed by atoms with van der Waals surface area (Å²) in [4.78, 5) is 4.65. The lowest BCUT2D eigenvalue weighted by Crippen LogP contribution is -2.18. The van der Waals surface area contributed by atoms with E-state index in [1.165, 1.54) is 25.7 Å². The molecular formula is C15H15Cl3N2. The molecule has 20 heavy (non-hydrogen) atoms. The highest BCUT2D eigenvalue weighted by atomic mass is 35.5. The van der Waals surface area contributed by atoms with Crippen LogP contribution in [0, 0.1) is 11.8 Å². The quantitative estimate of drug-likeness (QED) is 0.670. The molecule has 5 heteroatoms. The molecule has 0 amide bonds. The monoisotopic (exact) mass is 328 g/mol. The van der Waals surface area contributed by atoms with E-state index in [1.807, 2.05) is 12.1 Å². The molecule has 0 saturated heterocycles. The van der Waals surface area contributed by atoms with Crippen LogP contribution in [0.1, 0.15) is 37.5 Å². The van der Waals surface area contributed by atoms with Gasteiger partial charge in [-0.15, -0.1) is 11.6 Å². The maximum absolute atomic E-state index is 6.19. The Morgan fingerprint density at radius 3 is 2.60 bits per heavy atom. The number of imidazole rings is 1. The summed E-state index contributed by atoms with van der Waals surface area (Å²) in [6.07, 6.45) is 5.32. The van der Waals surface area contributed by atoms with Crippen molar-refractivity contribution in [2.24, 2.45) is 11.8 Å². The number of halogens is 3. The van der Waals surface area contributed by atoms with E-state index in [9.17, 15) is 0 Å². The van der Waals surface area contributed by atoms with Gasteiger partial charge >= 0.3 is 0 Å². The van der Waals surface area contributed by atoms with Crippen molar-refractivity contribution in [3.63, 3.8) is 0 Å². The van der Waals surface area contributed by atoms with Crippen LogP contribution in [0.25, 0.3) is 11.0 Å². The second-order valence-electron chi connectivity index (χ2n) is 6.03. The second kappa shape index (κ2) is 4.79. The number of aromatic nitrogens is 2. The van der Waals surface area contributed by atoms with Crippen LogP contribution < -0.4 is 0 Å². The Hall–Kier alpha value is -0.440. The summed E-state index contributed by atoms with van der Waals surface area (Å²) in [6.45, 7) is 0. The van der Waals surface area contributed by atoms with Gasteiger partial charge in [-0.2, -0.15) is 0 Å². The molecule has 3 unspecified atom stereocenters. The first-order valence-electron chi connectivity index (χ1n) is 7.09. The maximum atomic E-state index is 6.19. The minimum atomic E-state index is 0.428. The third-order valence-electron chi connectivity index (χ3n) is 4.96. The van der Waals surface area contributed by atoms with E-state index < -0.39 is 0 Å². The van der Waals surface area contributed by atoms with Crippen LogP contribution in [0.15, 0.2) is 12.1 Å². The second-order valence-corrected chi connectivity index (χ2v) is 7.11. The molecule has 1 aromatic heterocycles. The molecule has 2 bridgehead atoms. The van der Waals surface area contributed by atoms with Gasteiger partial charge in [-0.25, -0.2) is 4.98 Å². The van der Waals surface area contributed by atoms with E-state index in [1.54, 1.807) is 0 Å². The summed E-state index contributed by atoms with van der Waals surface area (Å²) in [7, 11) is 0. The summed E-state index contributed by atoms with van der Waals surface area (Å²) < 4.78 is 2.33. The highest BCUT2D eigenvalue weighted by Crippen LogP contribution is 2.52. The molecule has 2 fully saturated rings. The summed E-state index contributed by atoms with van der Waals surface area (Å²) in [6, 6.07) is 4.32. The Bertz CT molecular complexity index is 679. The number of hydrogen-bond acceptors (Lipinski definition) is 1. The first kappa shape index (κ1) is 13.2. The molecule has 4 rings (SSSR count). The predicted octanol–water partition coefficient (Wildman–Crippen LogP) is 5.44. The Kier molecular flexibility index (Phi) is 3.17. The number of alkyl halides is 1. The molecular weight excluding hydrogens is 315 g/mol. The van der Waals surface area contributed by atoms with E-state index in [0.717, 1.165) is 28.7 Å². The van der Waals surface area contributed by atoms with Crippen LogP contribution in [0.2, 0.25) is 10.0 Å². The number of fused-ring (bicyclic) bond motifs is 3. The van der Waals surface area contributed by atoms with Crippen molar-refractivity contribution in [2.75, 3.05) is 0 Å². The van der Waals surface area contributed by atoms with Crippen molar-refractivity contribution in [1.82, 2.24) is 9.55 Å². The molecule has 1 aromatic carbocycles. The SMILES string of the molecule is ClCc1nc2cc(Cl)c(Cl)cc2n1C1CC2CCC1C2. The predicted molar refractivity (Wildman–Crippen MR) is 83.8 cm³/mol. The lowest BCUT2D eigenvalue weighted by Gasteiger charge is -2.25. The van der Waals surface area contributed by atoms with Gasteiger partial charge in [-0.3, -0.25) is 0 Å². The average molecular weight is 330 g/mol. The summed E-state index contributed by atoms with van der Waals surface area (Å²) in [5.41, 5.74) is 1.98. The largest absolute Gasteiger partial charge is 0.324 e. The van der Waals surface area contributed by atoms with E-state index in [-0.39, 0.29) is 0 Å². The molecule has 3 atom stereocenters. The highest BCUT2D eigenvalue weighted by Gasteiger charge is 2.41. The van der Waals surface area contributed by atoms with Crippen molar-refractivity contribution in [2.45, 2.75) is 37.6 Å². The van der Waals surface area contributed by atoms with Crippen molar-refractivity contribution < 1.29 is 0 Å². The highest BCUT2D eigenvalue weighted by molar-refractivity contribution is 6.42. The van der Waals surface area contributed by atoms with Crippen LogP contribution in [0.3, 0.4) is 0 Å². The number of rotatable bonds is 2. The zero-order chi connectivity index (χ0) is 13.9. The average Bonchev–Trinajstić information content (AvgIpc) is 3.12. The van der Waals surface area contributed by atoms with Crippen LogP contribution in [-0.4, -0.2) is 9.55 Å². The zero-order valence-corrected chi connectivity index (χ0v) is 13.2. The van der Waals surface area contributed by atoms with Gasteiger partial charge in [0.05, 0.1) is 27.0 Å². The number of benzene rings is 1. The number of nitrogens with zero attached hydrogens (tertiary/aromatic N) is 2. The smallest absolute Gasteiger partial charge is 0.125 e. The molecule has 0 spiro atoms. The van der Waals surface area contributed by atoms with Gasteiger partial charge in [-0.1, -0.05) is 29.6 Å². The van der Waals surface area contributed by atoms with Crippen molar-refractivity contribution in [3.8, 4) is 0 Å². The van der Waals surface area contributed by atoms with Gasteiger partial charge < -0.3 is 4.57 Å². The molecule has 2 saturated carbocycles. The number of hydrogen-bond donors (Lipinski definition) is 0. The van der Waals surface area contributed by atoms with E-state index in [2.05, 4.69) is 9.55 Å². The Morgan fingerprint density at radius 1 is 1.15 bits per heavy atom. The lowest BCUT2D eigenvalue weighted by atomic mass is 9.95. The van der Waals surface area contributed by atoms with Gasteiger partial charge in [-0.05, 0) is 43.2 Å². The standard InChI is InChI=1S/C15H15Cl3N2/c16-7-15-19-12-5-10(17)11(18)6-14(12)20(15)13-4-8-1-2-9(13)3-8/h5-6,8-9,13H,1-4,7H2. The fraction of sp³-hybridized carbons (Fsp3) is 0.533. The van der Waals surface area contributed by atoms with Crippen molar-refractivity contribution in [3.05, 3.63) is 28.0 Å². The Balaban J connectivity index is 1.90. The Morgan fingerprint density at radius 2 is 1.95 bits per heavy atom. The third-order valence-corrected chi connectivity index (χ3v) is 5.92. The van der Waals surface area contributed by atoms with E-state index >= 15 is 0 Å². The van der Waals surface area contributed by atoms with Crippen molar-refractivity contribution >= 4 is 45.8 Å². The minimum Gasteiger partial charge on any atom is -0.324 e. The molecule has 2 aliphatic carbocycles.